The molecule has 2 saturated heterocycles. The Balaban J connectivity index is 1.39. The molecule has 22 heavy (non-hydrogen) atoms. The Morgan fingerprint density at radius 3 is 2.86 bits per heavy atom. The summed E-state index contributed by atoms with van der Waals surface area (Å²) in [5.74, 6) is 1.13. The zero-order valence-corrected chi connectivity index (χ0v) is 12.7. The van der Waals surface area contributed by atoms with Crippen LogP contribution in [0, 0.1) is 5.41 Å². The normalized spacial score (nSPS) is 23.8. The van der Waals surface area contributed by atoms with Crippen molar-refractivity contribution < 1.29 is 14.3 Å². The Labute approximate surface area is 130 Å². The average molecular weight is 302 g/mol. The van der Waals surface area contributed by atoms with Gasteiger partial charge in [-0.25, -0.2) is 0 Å². The van der Waals surface area contributed by atoms with E-state index in [1.165, 1.54) is 0 Å². The third-order valence-electron chi connectivity index (χ3n) is 4.53. The largest absolute Gasteiger partial charge is 0.494 e. The number of para-hydroxylation sites is 1. The zero-order valence-electron chi connectivity index (χ0n) is 12.7. The monoisotopic (exact) mass is 302 g/mol. The van der Waals surface area contributed by atoms with E-state index in [1.807, 2.05) is 35.2 Å². The van der Waals surface area contributed by atoms with Crippen molar-refractivity contribution in [2.45, 2.75) is 25.7 Å². The first-order valence-corrected chi connectivity index (χ1v) is 7.89. The van der Waals surface area contributed by atoms with E-state index in [4.69, 9.17) is 4.74 Å². The van der Waals surface area contributed by atoms with Gasteiger partial charge >= 0.3 is 0 Å². The van der Waals surface area contributed by atoms with E-state index in [2.05, 4.69) is 5.32 Å². The second kappa shape index (κ2) is 6.38. The van der Waals surface area contributed by atoms with E-state index in [1.54, 1.807) is 0 Å². The lowest BCUT2D eigenvalue weighted by molar-refractivity contribution is -0.131. The molecule has 5 nitrogen and oxygen atoms in total. The summed E-state index contributed by atoms with van der Waals surface area (Å²) in [6.45, 7) is 2.75. The molecule has 1 atom stereocenters. The summed E-state index contributed by atoms with van der Waals surface area (Å²) in [6.07, 6.45) is 2.71. The molecule has 2 fully saturated rings. The molecule has 0 aromatic heterocycles. The second-order valence-electron chi connectivity index (χ2n) is 6.28. The summed E-state index contributed by atoms with van der Waals surface area (Å²) in [4.78, 5) is 25.5. The molecule has 2 heterocycles. The summed E-state index contributed by atoms with van der Waals surface area (Å²) in [7, 11) is 0. The molecule has 1 aromatic carbocycles. The highest BCUT2D eigenvalue weighted by Crippen LogP contribution is 2.36. The number of nitrogens with one attached hydrogen (secondary N) is 1. The van der Waals surface area contributed by atoms with Gasteiger partial charge in [0.1, 0.15) is 5.75 Å². The van der Waals surface area contributed by atoms with Crippen molar-refractivity contribution in [3.05, 3.63) is 30.3 Å². The van der Waals surface area contributed by atoms with Gasteiger partial charge in [0.05, 0.1) is 6.61 Å². The Morgan fingerprint density at radius 2 is 2.14 bits per heavy atom. The lowest BCUT2D eigenvalue weighted by atomic mass is 9.86. The predicted octanol–water partition coefficient (Wildman–Crippen LogP) is 1.58. The van der Waals surface area contributed by atoms with Gasteiger partial charge in [-0.2, -0.15) is 0 Å². The molecular weight excluding hydrogens is 280 g/mol. The highest BCUT2D eigenvalue weighted by molar-refractivity contribution is 5.80. The fourth-order valence-electron chi connectivity index (χ4n) is 3.28. The molecule has 1 unspecified atom stereocenters. The number of nitrogens with zero attached hydrogens (tertiary/aromatic N) is 1. The Kier molecular flexibility index (Phi) is 4.32. The van der Waals surface area contributed by atoms with Gasteiger partial charge in [-0.1, -0.05) is 18.2 Å². The molecule has 2 aliphatic heterocycles. The van der Waals surface area contributed by atoms with Gasteiger partial charge < -0.3 is 15.0 Å². The number of carbonyl (C=O) groups excluding carboxylic acids is 2. The number of carbonyl (C=O) groups is 2. The van der Waals surface area contributed by atoms with Crippen LogP contribution in [0.25, 0.3) is 0 Å². The van der Waals surface area contributed by atoms with Crippen LogP contribution in [-0.4, -0.2) is 43.0 Å². The van der Waals surface area contributed by atoms with Gasteiger partial charge in [0.25, 0.3) is 0 Å². The van der Waals surface area contributed by atoms with Gasteiger partial charge in [-0.15, -0.1) is 0 Å². The van der Waals surface area contributed by atoms with Crippen molar-refractivity contribution in [1.29, 1.82) is 0 Å². The molecule has 118 valence electrons. The third kappa shape index (κ3) is 3.40. The minimum Gasteiger partial charge on any atom is -0.494 e. The summed E-state index contributed by atoms with van der Waals surface area (Å²) in [5.41, 5.74) is -0.00666. The zero-order chi connectivity index (χ0) is 15.4. The molecule has 3 rings (SSSR count). The summed E-state index contributed by atoms with van der Waals surface area (Å²) >= 11 is 0. The van der Waals surface area contributed by atoms with E-state index < -0.39 is 0 Å². The van der Waals surface area contributed by atoms with Crippen LogP contribution in [0.2, 0.25) is 0 Å². The molecule has 1 spiro atoms. The van der Waals surface area contributed by atoms with Crippen molar-refractivity contribution in [2.75, 3.05) is 26.2 Å². The standard InChI is InChI=1S/C17H22N2O3/c20-15-11-17(12-18-15)8-9-19(13-17)16(21)7-4-10-22-14-5-2-1-3-6-14/h1-3,5-6H,4,7-13H2,(H,18,20). The lowest BCUT2D eigenvalue weighted by Crippen LogP contribution is -2.33. The number of amides is 2. The van der Waals surface area contributed by atoms with Crippen LogP contribution in [0.4, 0.5) is 0 Å². The molecule has 2 aliphatic rings. The van der Waals surface area contributed by atoms with E-state index >= 15 is 0 Å². The van der Waals surface area contributed by atoms with Gasteiger partial charge in [0, 0.05) is 37.9 Å². The van der Waals surface area contributed by atoms with Gasteiger partial charge in [0.2, 0.25) is 11.8 Å². The minimum atomic E-state index is -0.00666. The fourth-order valence-corrected chi connectivity index (χ4v) is 3.28. The number of likely N-dealkylation sites (tertiary alicyclic amines) is 1. The molecule has 0 aliphatic carbocycles. The molecule has 0 bridgehead atoms. The SMILES string of the molecule is O=C1CC2(CCN(C(=O)CCCOc3ccccc3)C2)CN1. The molecule has 0 radical (unpaired) electrons. The van der Waals surface area contributed by atoms with Crippen LogP contribution in [0.1, 0.15) is 25.7 Å². The number of rotatable bonds is 5. The molecule has 0 saturated carbocycles. The van der Waals surface area contributed by atoms with Crippen LogP contribution in [-0.2, 0) is 9.59 Å². The van der Waals surface area contributed by atoms with Crippen molar-refractivity contribution >= 4 is 11.8 Å². The number of hydrogen-bond acceptors (Lipinski definition) is 3. The average Bonchev–Trinajstić information content (AvgIpc) is 3.11. The maximum absolute atomic E-state index is 12.2. The molecule has 1 N–H and O–H groups in total. The second-order valence-corrected chi connectivity index (χ2v) is 6.28. The number of hydrogen-bond donors (Lipinski definition) is 1. The van der Waals surface area contributed by atoms with E-state index in [-0.39, 0.29) is 17.2 Å². The molecular formula is C17H22N2O3. The molecule has 2 amide bonds. The Bertz CT molecular complexity index is 546. The van der Waals surface area contributed by atoms with Crippen molar-refractivity contribution in [1.82, 2.24) is 10.2 Å². The highest BCUT2D eigenvalue weighted by Gasteiger charge is 2.44. The fraction of sp³-hybridized carbons (Fsp3) is 0.529. The highest BCUT2D eigenvalue weighted by atomic mass is 16.5. The minimum absolute atomic E-state index is 0.00666. The van der Waals surface area contributed by atoms with Gasteiger partial charge in [-0.3, -0.25) is 9.59 Å². The Hall–Kier alpha value is -2.04. The van der Waals surface area contributed by atoms with Crippen molar-refractivity contribution in [3.8, 4) is 5.75 Å². The summed E-state index contributed by atoms with van der Waals surface area (Å²) < 4.78 is 5.60. The number of ether oxygens (including phenoxy) is 1. The molecule has 1 aromatic rings. The lowest BCUT2D eigenvalue weighted by Gasteiger charge is -2.21. The number of benzene rings is 1. The summed E-state index contributed by atoms with van der Waals surface area (Å²) in [5, 5.41) is 2.89. The van der Waals surface area contributed by atoms with E-state index in [0.717, 1.165) is 18.7 Å². The first kappa shape index (κ1) is 14.9. The van der Waals surface area contributed by atoms with Gasteiger partial charge in [-0.05, 0) is 25.0 Å². The smallest absolute Gasteiger partial charge is 0.222 e. The molecule has 5 heteroatoms. The van der Waals surface area contributed by atoms with E-state index in [0.29, 0.717) is 39.0 Å². The Morgan fingerprint density at radius 1 is 1.32 bits per heavy atom. The third-order valence-corrected chi connectivity index (χ3v) is 4.53. The maximum Gasteiger partial charge on any atom is 0.222 e. The van der Waals surface area contributed by atoms with Crippen LogP contribution in [0.5, 0.6) is 5.75 Å². The quantitative estimate of drug-likeness (QED) is 0.840. The van der Waals surface area contributed by atoms with Crippen LogP contribution in [0.15, 0.2) is 30.3 Å². The van der Waals surface area contributed by atoms with Crippen LogP contribution < -0.4 is 10.1 Å². The van der Waals surface area contributed by atoms with Crippen LogP contribution in [0.3, 0.4) is 0 Å². The van der Waals surface area contributed by atoms with E-state index in [9.17, 15) is 9.59 Å². The first-order valence-electron chi connectivity index (χ1n) is 7.89. The van der Waals surface area contributed by atoms with Crippen molar-refractivity contribution in [2.24, 2.45) is 5.41 Å². The van der Waals surface area contributed by atoms with Crippen LogP contribution >= 0.6 is 0 Å². The first-order chi connectivity index (χ1) is 10.7. The summed E-state index contributed by atoms with van der Waals surface area (Å²) in [6, 6.07) is 9.64. The topological polar surface area (TPSA) is 58.6 Å². The van der Waals surface area contributed by atoms with Crippen molar-refractivity contribution in [3.63, 3.8) is 0 Å². The predicted molar refractivity (Wildman–Crippen MR) is 82.4 cm³/mol. The maximum atomic E-state index is 12.2. The van der Waals surface area contributed by atoms with Gasteiger partial charge in [0.15, 0.2) is 0 Å².